The molecular formula is C24H35N7O2. The summed E-state index contributed by atoms with van der Waals surface area (Å²) in [7, 11) is 1.70. The molecule has 1 aromatic heterocycles. The third kappa shape index (κ3) is 7.64. The smallest absolute Gasteiger partial charge is 0.217 e. The highest BCUT2D eigenvalue weighted by Gasteiger charge is 2.15. The van der Waals surface area contributed by atoms with Crippen LogP contribution in [0.5, 0.6) is 5.88 Å². The van der Waals surface area contributed by atoms with Crippen LogP contribution in [-0.2, 0) is 4.74 Å². The van der Waals surface area contributed by atoms with E-state index in [1.165, 1.54) is 5.56 Å². The molecule has 2 aromatic rings. The highest BCUT2D eigenvalue weighted by molar-refractivity contribution is 5.80. The normalized spacial score (nSPS) is 14.5. The van der Waals surface area contributed by atoms with Crippen molar-refractivity contribution in [2.24, 2.45) is 15.8 Å². The van der Waals surface area contributed by atoms with Crippen LogP contribution in [0.3, 0.4) is 0 Å². The van der Waals surface area contributed by atoms with Gasteiger partial charge < -0.3 is 25.0 Å². The number of aliphatic imine (C=N–C) groups is 1. The van der Waals surface area contributed by atoms with Crippen molar-refractivity contribution in [1.82, 2.24) is 9.88 Å². The van der Waals surface area contributed by atoms with Gasteiger partial charge >= 0.3 is 0 Å². The minimum atomic E-state index is 0.446. The Morgan fingerprint density at radius 3 is 2.82 bits per heavy atom. The molecule has 2 heterocycles. The maximum Gasteiger partial charge on any atom is 0.217 e. The van der Waals surface area contributed by atoms with Crippen molar-refractivity contribution in [3.05, 3.63) is 47.5 Å². The number of benzene rings is 1. The number of aryl methyl sites for hydroxylation is 1. The number of anilines is 2. The van der Waals surface area contributed by atoms with Gasteiger partial charge in [0, 0.05) is 44.5 Å². The molecular weight excluding hydrogens is 418 g/mol. The van der Waals surface area contributed by atoms with Crippen molar-refractivity contribution in [1.29, 1.82) is 0 Å². The van der Waals surface area contributed by atoms with E-state index in [4.69, 9.17) is 15.2 Å². The molecule has 0 saturated carbocycles. The van der Waals surface area contributed by atoms with Gasteiger partial charge in [-0.1, -0.05) is 36.8 Å². The second-order valence-corrected chi connectivity index (χ2v) is 7.85. The van der Waals surface area contributed by atoms with Crippen LogP contribution >= 0.6 is 0 Å². The van der Waals surface area contributed by atoms with Gasteiger partial charge in [-0.2, -0.15) is 10.1 Å². The highest BCUT2D eigenvalue weighted by atomic mass is 16.5. The molecule has 0 aliphatic carbocycles. The van der Waals surface area contributed by atoms with Crippen LogP contribution in [-0.4, -0.2) is 75.1 Å². The van der Waals surface area contributed by atoms with E-state index in [1.807, 2.05) is 29.2 Å². The molecule has 1 aliphatic heterocycles. The maximum atomic E-state index is 6.02. The number of hydrogen-bond acceptors (Lipinski definition) is 7. The van der Waals surface area contributed by atoms with Crippen LogP contribution in [0, 0.1) is 6.92 Å². The van der Waals surface area contributed by atoms with Crippen LogP contribution in [0.4, 0.5) is 11.5 Å². The zero-order valence-electron chi connectivity index (χ0n) is 19.8. The number of pyridine rings is 1. The van der Waals surface area contributed by atoms with Crippen molar-refractivity contribution in [3.8, 4) is 5.88 Å². The van der Waals surface area contributed by atoms with Crippen LogP contribution in [0.2, 0.25) is 0 Å². The minimum Gasteiger partial charge on any atom is -0.476 e. The molecule has 3 N–H and O–H groups in total. The number of morpholine rings is 1. The fraction of sp³-hybridized carbons (Fsp3) is 0.458. The number of nitrogens with zero attached hydrogens (tertiary/aromatic N) is 5. The van der Waals surface area contributed by atoms with Gasteiger partial charge in [-0.3, -0.25) is 10.4 Å². The molecule has 9 heteroatoms. The second-order valence-electron chi connectivity index (χ2n) is 7.85. The number of aromatic nitrogens is 1. The molecule has 1 saturated heterocycles. The van der Waals surface area contributed by atoms with Gasteiger partial charge in [-0.15, -0.1) is 0 Å². The van der Waals surface area contributed by atoms with Gasteiger partial charge in [-0.25, -0.2) is 0 Å². The number of hydrogen-bond donors (Lipinski definition) is 2. The Morgan fingerprint density at radius 1 is 1.27 bits per heavy atom. The van der Waals surface area contributed by atoms with Crippen LogP contribution < -0.4 is 20.8 Å². The molecule has 1 fully saturated rings. The molecule has 0 bridgehead atoms. The summed E-state index contributed by atoms with van der Waals surface area (Å²) in [5.74, 6) is 1.68. The molecule has 1 aliphatic rings. The topological polar surface area (TPSA) is 101 Å². The Kier molecular flexibility index (Phi) is 9.31. The number of nitrogens with two attached hydrogens (primary N) is 1. The highest BCUT2D eigenvalue weighted by Crippen LogP contribution is 2.25. The Morgan fingerprint density at radius 2 is 2.09 bits per heavy atom. The Hall–Kier alpha value is -3.33. The Balaban J connectivity index is 1.71. The zero-order valence-corrected chi connectivity index (χ0v) is 19.8. The van der Waals surface area contributed by atoms with Gasteiger partial charge in [0.2, 0.25) is 5.88 Å². The van der Waals surface area contributed by atoms with E-state index >= 15 is 0 Å². The summed E-state index contributed by atoms with van der Waals surface area (Å²) in [6, 6.07) is 12.1. The average Bonchev–Trinajstić information content (AvgIpc) is 2.83. The van der Waals surface area contributed by atoms with Crippen molar-refractivity contribution in [2.45, 2.75) is 20.3 Å². The fourth-order valence-electron chi connectivity index (χ4n) is 3.56. The van der Waals surface area contributed by atoms with Gasteiger partial charge in [0.25, 0.3) is 0 Å². The van der Waals surface area contributed by atoms with Crippen LogP contribution in [0.15, 0.2) is 46.5 Å². The molecule has 3 rings (SSSR count). The maximum absolute atomic E-state index is 6.02. The quantitative estimate of drug-likeness (QED) is 0.324. The molecule has 0 unspecified atom stereocenters. The predicted molar refractivity (Wildman–Crippen MR) is 135 cm³/mol. The summed E-state index contributed by atoms with van der Waals surface area (Å²) in [5, 5.41) is 4.37. The first-order chi connectivity index (χ1) is 16.1. The van der Waals surface area contributed by atoms with E-state index in [1.54, 1.807) is 13.3 Å². The first kappa shape index (κ1) is 24.3. The third-order valence-corrected chi connectivity index (χ3v) is 5.26. The summed E-state index contributed by atoms with van der Waals surface area (Å²) in [5.41, 5.74) is 12.3. The summed E-state index contributed by atoms with van der Waals surface area (Å²) < 4.78 is 11.5. The Bertz CT molecular complexity index is 942. The van der Waals surface area contributed by atoms with Gasteiger partial charge in [0.1, 0.15) is 6.61 Å². The molecule has 178 valence electrons. The van der Waals surface area contributed by atoms with E-state index in [0.717, 1.165) is 37.3 Å². The van der Waals surface area contributed by atoms with E-state index < -0.39 is 0 Å². The van der Waals surface area contributed by atoms with E-state index in [2.05, 4.69) is 51.4 Å². The molecule has 0 amide bonds. The molecule has 33 heavy (non-hydrogen) atoms. The fourth-order valence-corrected chi connectivity index (χ4v) is 3.56. The first-order valence-corrected chi connectivity index (χ1v) is 11.4. The summed E-state index contributed by atoms with van der Waals surface area (Å²) in [6.45, 7) is 9.13. The van der Waals surface area contributed by atoms with Gasteiger partial charge in [-0.05, 0) is 18.9 Å². The summed E-state index contributed by atoms with van der Waals surface area (Å²) in [6.07, 6.45) is 2.76. The molecule has 1 aromatic carbocycles. The van der Waals surface area contributed by atoms with Crippen molar-refractivity contribution in [2.75, 3.05) is 63.4 Å². The largest absolute Gasteiger partial charge is 0.476 e. The minimum absolute atomic E-state index is 0.446. The summed E-state index contributed by atoms with van der Waals surface area (Å²) in [4.78, 5) is 13.0. The average molecular weight is 454 g/mol. The number of guanidine groups is 1. The number of ether oxygens (including phenoxy) is 2. The number of hydrazone groups is 1. The van der Waals surface area contributed by atoms with Crippen molar-refractivity contribution >= 4 is 23.7 Å². The van der Waals surface area contributed by atoms with Gasteiger partial charge in [0.15, 0.2) is 11.8 Å². The SMILES string of the molecule is CCCN(CCOc1cc(N2CCOCC2)cc(NN=Cc2cccc(C)c2)n1)C(N)=NC. The lowest BCUT2D eigenvalue weighted by Gasteiger charge is -2.29. The Labute approximate surface area is 196 Å². The standard InChI is InChI=1S/C24H35N7O2/c1-4-8-31(24(25)26-3)11-14-33-23-17-21(30-9-12-32-13-10-30)16-22(28-23)29-27-18-20-7-5-6-19(2)15-20/h5-7,15-18H,4,8-14H2,1-3H3,(H2,25,26)(H,28,29). The van der Waals surface area contributed by atoms with E-state index in [-0.39, 0.29) is 0 Å². The molecule has 0 atom stereocenters. The third-order valence-electron chi connectivity index (χ3n) is 5.26. The predicted octanol–water partition coefficient (Wildman–Crippen LogP) is 2.71. The van der Waals surface area contributed by atoms with Gasteiger partial charge in [0.05, 0.1) is 26.0 Å². The van der Waals surface area contributed by atoms with Crippen LogP contribution in [0.1, 0.15) is 24.5 Å². The molecule has 0 radical (unpaired) electrons. The first-order valence-electron chi connectivity index (χ1n) is 11.4. The zero-order chi connectivity index (χ0) is 23.5. The van der Waals surface area contributed by atoms with Crippen molar-refractivity contribution in [3.63, 3.8) is 0 Å². The number of rotatable bonds is 10. The van der Waals surface area contributed by atoms with Crippen LogP contribution in [0.25, 0.3) is 0 Å². The van der Waals surface area contributed by atoms with Crippen molar-refractivity contribution < 1.29 is 9.47 Å². The molecule has 9 nitrogen and oxygen atoms in total. The lowest BCUT2D eigenvalue weighted by atomic mass is 10.2. The monoisotopic (exact) mass is 453 g/mol. The lowest BCUT2D eigenvalue weighted by molar-refractivity contribution is 0.122. The van der Waals surface area contributed by atoms with E-state index in [9.17, 15) is 0 Å². The lowest BCUT2D eigenvalue weighted by Crippen LogP contribution is -2.40. The summed E-state index contributed by atoms with van der Waals surface area (Å²) >= 11 is 0. The van der Waals surface area contributed by atoms with E-state index in [0.29, 0.717) is 44.0 Å². The second kappa shape index (κ2) is 12.6. The molecule has 0 spiro atoms. The number of nitrogens with one attached hydrogen (secondary N) is 1.